The van der Waals surface area contributed by atoms with Crippen molar-refractivity contribution >= 4 is 17.5 Å². The third kappa shape index (κ3) is 4.06. The minimum atomic E-state index is 0.0550. The van der Waals surface area contributed by atoms with Crippen LogP contribution in [0.1, 0.15) is 23.7 Å². The van der Waals surface area contributed by atoms with Crippen LogP contribution >= 0.6 is 11.8 Å². The van der Waals surface area contributed by atoms with Gasteiger partial charge in [-0.25, -0.2) is 0 Å². The summed E-state index contributed by atoms with van der Waals surface area (Å²) in [5, 5.41) is 0. The Labute approximate surface area is 95.0 Å². The van der Waals surface area contributed by atoms with Crippen LogP contribution in [0.4, 0.5) is 0 Å². The van der Waals surface area contributed by atoms with Gasteiger partial charge in [0.1, 0.15) is 6.61 Å². The molecule has 0 N–H and O–H groups in total. The third-order valence-corrected chi connectivity index (χ3v) is 2.70. The lowest BCUT2D eigenvalue weighted by atomic mass is 10.1. The molecule has 15 heavy (non-hydrogen) atoms. The summed E-state index contributed by atoms with van der Waals surface area (Å²) in [5.74, 6) is 0.0550. The Hall–Kier alpha value is -0.800. The second-order valence-electron chi connectivity index (χ2n) is 3.21. The van der Waals surface area contributed by atoms with Gasteiger partial charge in [0.2, 0.25) is 0 Å². The van der Waals surface area contributed by atoms with Crippen LogP contribution in [0.25, 0.3) is 0 Å². The van der Waals surface area contributed by atoms with E-state index >= 15 is 0 Å². The number of rotatable bonds is 6. The zero-order chi connectivity index (χ0) is 11.1. The molecule has 0 saturated heterocycles. The third-order valence-electron chi connectivity index (χ3n) is 1.97. The Kier molecular flexibility index (Phi) is 5.43. The maximum absolute atomic E-state index is 11.7. The molecule has 0 unspecified atom stereocenters. The fraction of sp³-hybridized carbons (Fsp3) is 0.417. The molecule has 1 aromatic rings. The smallest absolute Gasteiger partial charge is 0.188 e. The summed E-state index contributed by atoms with van der Waals surface area (Å²) < 4.78 is 5.22. The van der Waals surface area contributed by atoms with Crippen LogP contribution in [-0.4, -0.2) is 25.3 Å². The van der Waals surface area contributed by atoms with Gasteiger partial charge in [-0.1, -0.05) is 19.1 Å². The van der Waals surface area contributed by atoms with Crippen LogP contribution in [-0.2, 0) is 4.74 Å². The van der Waals surface area contributed by atoms with Crippen molar-refractivity contribution in [2.24, 2.45) is 0 Å². The van der Waals surface area contributed by atoms with Crippen LogP contribution in [0, 0.1) is 0 Å². The van der Waals surface area contributed by atoms with Crippen molar-refractivity contribution in [3.05, 3.63) is 29.8 Å². The number of carbonyl (C=O) groups is 1. The average Bonchev–Trinajstić information content (AvgIpc) is 2.29. The van der Waals surface area contributed by atoms with E-state index in [-0.39, 0.29) is 12.4 Å². The SMILES string of the molecule is CCCOCC(=O)c1cccc(SC)c1. The summed E-state index contributed by atoms with van der Waals surface area (Å²) in [4.78, 5) is 12.8. The predicted molar refractivity (Wildman–Crippen MR) is 63.7 cm³/mol. The summed E-state index contributed by atoms with van der Waals surface area (Å²) >= 11 is 1.64. The van der Waals surface area contributed by atoms with Gasteiger partial charge >= 0.3 is 0 Å². The fourth-order valence-electron chi connectivity index (χ4n) is 1.19. The summed E-state index contributed by atoms with van der Waals surface area (Å²) in [6, 6.07) is 7.63. The Morgan fingerprint density at radius 2 is 2.27 bits per heavy atom. The first-order valence-corrected chi connectivity index (χ1v) is 6.25. The summed E-state index contributed by atoms with van der Waals surface area (Å²) in [7, 11) is 0. The van der Waals surface area contributed by atoms with Crippen molar-refractivity contribution in [2.75, 3.05) is 19.5 Å². The van der Waals surface area contributed by atoms with Crippen LogP contribution in [0.5, 0.6) is 0 Å². The number of Topliss-reactive ketones (excluding diaryl/α,β-unsaturated/α-hetero) is 1. The average molecular weight is 224 g/mol. The van der Waals surface area contributed by atoms with Gasteiger partial charge in [-0.3, -0.25) is 4.79 Å². The number of hydrogen-bond acceptors (Lipinski definition) is 3. The number of ether oxygens (including phenoxy) is 1. The Morgan fingerprint density at radius 1 is 1.47 bits per heavy atom. The number of hydrogen-bond donors (Lipinski definition) is 0. The molecule has 0 radical (unpaired) electrons. The van der Waals surface area contributed by atoms with E-state index in [0.29, 0.717) is 6.61 Å². The zero-order valence-corrected chi connectivity index (χ0v) is 9.97. The molecule has 0 fully saturated rings. The standard InChI is InChI=1S/C12H16O2S/c1-3-7-14-9-12(13)10-5-4-6-11(8-10)15-2/h4-6,8H,3,7,9H2,1-2H3. The van der Waals surface area contributed by atoms with E-state index in [4.69, 9.17) is 4.74 Å². The lowest BCUT2D eigenvalue weighted by molar-refractivity contribution is 0.0761. The number of thioether (sulfide) groups is 1. The second-order valence-corrected chi connectivity index (χ2v) is 4.09. The van der Waals surface area contributed by atoms with E-state index in [2.05, 4.69) is 0 Å². The monoisotopic (exact) mass is 224 g/mol. The van der Waals surface area contributed by atoms with Crippen molar-refractivity contribution in [3.8, 4) is 0 Å². The Bertz CT molecular complexity index is 323. The van der Waals surface area contributed by atoms with Crippen LogP contribution in [0.3, 0.4) is 0 Å². The van der Waals surface area contributed by atoms with Gasteiger partial charge < -0.3 is 4.74 Å². The van der Waals surface area contributed by atoms with E-state index in [1.807, 2.05) is 37.4 Å². The topological polar surface area (TPSA) is 26.3 Å². The second kappa shape index (κ2) is 6.64. The van der Waals surface area contributed by atoms with Crippen molar-refractivity contribution in [3.63, 3.8) is 0 Å². The van der Waals surface area contributed by atoms with Gasteiger partial charge in [-0.2, -0.15) is 0 Å². The summed E-state index contributed by atoms with van der Waals surface area (Å²) in [5.41, 5.74) is 0.734. The van der Waals surface area contributed by atoms with E-state index < -0.39 is 0 Å². The first-order chi connectivity index (χ1) is 7.27. The van der Waals surface area contributed by atoms with Crippen LogP contribution < -0.4 is 0 Å². The highest BCUT2D eigenvalue weighted by Gasteiger charge is 2.05. The quantitative estimate of drug-likeness (QED) is 0.422. The molecule has 0 bridgehead atoms. The molecule has 1 aromatic carbocycles. The highest BCUT2D eigenvalue weighted by Crippen LogP contribution is 2.16. The molecule has 0 saturated carbocycles. The summed E-state index contributed by atoms with van der Waals surface area (Å²) in [6.45, 7) is 2.86. The predicted octanol–water partition coefficient (Wildman–Crippen LogP) is 3.02. The van der Waals surface area contributed by atoms with E-state index in [1.54, 1.807) is 11.8 Å². The maximum atomic E-state index is 11.7. The maximum Gasteiger partial charge on any atom is 0.188 e. The summed E-state index contributed by atoms with van der Waals surface area (Å²) in [6.07, 6.45) is 2.94. The molecule has 0 spiro atoms. The van der Waals surface area contributed by atoms with Crippen molar-refractivity contribution in [2.45, 2.75) is 18.2 Å². The molecule has 1 rings (SSSR count). The molecule has 0 heterocycles. The lowest BCUT2D eigenvalue weighted by Crippen LogP contribution is -2.09. The zero-order valence-electron chi connectivity index (χ0n) is 9.16. The first-order valence-electron chi connectivity index (χ1n) is 5.03. The normalized spacial score (nSPS) is 10.3. The van der Waals surface area contributed by atoms with E-state index in [9.17, 15) is 4.79 Å². The van der Waals surface area contributed by atoms with E-state index in [0.717, 1.165) is 16.9 Å². The molecule has 82 valence electrons. The highest BCUT2D eigenvalue weighted by molar-refractivity contribution is 7.98. The van der Waals surface area contributed by atoms with Crippen LogP contribution in [0.2, 0.25) is 0 Å². The minimum Gasteiger partial charge on any atom is -0.373 e. The van der Waals surface area contributed by atoms with Gasteiger partial charge in [0, 0.05) is 17.1 Å². The van der Waals surface area contributed by atoms with Gasteiger partial charge in [-0.15, -0.1) is 11.8 Å². The lowest BCUT2D eigenvalue weighted by Gasteiger charge is -2.03. The highest BCUT2D eigenvalue weighted by atomic mass is 32.2. The number of ketones is 1. The first kappa shape index (κ1) is 12.3. The fourth-order valence-corrected chi connectivity index (χ4v) is 1.65. The van der Waals surface area contributed by atoms with E-state index in [1.165, 1.54) is 0 Å². The largest absolute Gasteiger partial charge is 0.373 e. The van der Waals surface area contributed by atoms with Gasteiger partial charge in [0.05, 0.1) is 0 Å². The Balaban J connectivity index is 2.57. The molecular weight excluding hydrogens is 208 g/mol. The molecule has 0 aliphatic rings. The molecule has 0 aromatic heterocycles. The number of carbonyl (C=O) groups excluding carboxylic acids is 1. The molecule has 0 amide bonds. The molecule has 2 nitrogen and oxygen atoms in total. The van der Waals surface area contributed by atoms with Crippen molar-refractivity contribution < 1.29 is 9.53 Å². The molecular formula is C12H16O2S. The van der Waals surface area contributed by atoms with Gasteiger partial charge in [-0.05, 0) is 24.8 Å². The van der Waals surface area contributed by atoms with Crippen molar-refractivity contribution in [1.82, 2.24) is 0 Å². The van der Waals surface area contributed by atoms with Gasteiger partial charge in [0.15, 0.2) is 5.78 Å². The molecule has 0 aliphatic carbocycles. The molecule has 3 heteroatoms. The van der Waals surface area contributed by atoms with Crippen molar-refractivity contribution in [1.29, 1.82) is 0 Å². The minimum absolute atomic E-state index is 0.0550. The van der Waals surface area contributed by atoms with Gasteiger partial charge in [0.25, 0.3) is 0 Å². The van der Waals surface area contributed by atoms with Crippen LogP contribution in [0.15, 0.2) is 29.2 Å². The Morgan fingerprint density at radius 3 is 2.93 bits per heavy atom. The molecule has 0 aliphatic heterocycles. The molecule has 0 atom stereocenters. The number of benzene rings is 1.